The van der Waals surface area contributed by atoms with E-state index < -0.39 is 30.0 Å². The first-order valence-corrected chi connectivity index (χ1v) is 5.24. The fourth-order valence-corrected chi connectivity index (χ4v) is 0.343. The molecule has 126 valence electrons. The SMILES string of the molecule is O=C(O)/C=C\C(=O)O.O=C(O)/C=C\C(=O)O.OCC(O)CO. The molecular weight excluding hydrogens is 308 g/mol. The van der Waals surface area contributed by atoms with Crippen molar-refractivity contribution >= 4 is 23.9 Å². The lowest BCUT2D eigenvalue weighted by molar-refractivity contribution is -0.134. The van der Waals surface area contributed by atoms with Gasteiger partial charge in [-0.15, -0.1) is 0 Å². The minimum Gasteiger partial charge on any atom is -0.478 e. The Hall–Kier alpha value is -2.76. The van der Waals surface area contributed by atoms with Gasteiger partial charge in [0, 0.05) is 24.3 Å². The van der Waals surface area contributed by atoms with Gasteiger partial charge in [-0.05, 0) is 0 Å². The molecule has 0 unspecified atom stereocenters. The topological polar surface area (TPSA) is 210 Å². The zero-order valence-electron chi connectivity index (χ0n) is 11.1. The standard InChI is InChI=1S/2C4H4O4.C3H8O3/c2*5-3(6)1-2-4(7)8;4-1-3(6)2-5/h2*1-2H,(H,5,6)(H,7,8);3-6H,1-2H2/b2*2-1-;. The van der Waals surface area contributed by atoms with Crippen molar-refractivity contribution in [2.45, 2.75) is 6.10 Å². The van der Waals surface area contributed by atoms with E-state index in [4.69, 9.17) is 35.7 Å². The van der Waals surface area contributed by atoms with Crippen LogP contribution in [0.5, 0.6) is 0 Å². The van der Waals surface area contributed by atoms with E-state index in [1.165, 1.54) is 0 Å². The number of hydrogen-bond donors (Lipinski definition) is 7. The molecule has 0 radical (unpaired) electrons. The molecule has 0 atom stereocenters. The Morgan fingerprint density at radius 3 is 0.864 bits per heavy atom. The summed E-state index contributed by atoms with van der Waals surface area (Å²) in [5.41, 5.74) is 0. The molecule has 0 aromatic heterocycles. The molecule has 0 heterocycles. The molecule has 0 aromatic rings. The molecule has 0 rings (SSSR count). The Kier molecular flexibility index (Phi) is 18.0. The number of carboxylic acids is 4. The first-order chi connectivity index (χ1) is 10.1. The van der Waals surface area contributed by atoms with Gasteiger partial charge in [-0.3, -0.25) is 0 Å². The first-order valence-electron chi connectivity index (χ1n) is 5.24. The third kappa shape index (κ3) is 36.0. The molecular formula is C11H16O11. The fourth-order valence-electron chi connectivity index (χ4n) is 0.343. The summed E-state index contributed by atoms with van der Waals surface area (Å²) in [5.74, 6) is -5.03. The van der Waals surface area contributed by atoms with Crippen molar-refractivity contribution in [1.29, 1.82) is 0 Å². The van der Waals surface area contributed by atoms with Crippen molar-refractivity contribution in [3.63, 3.8) is 0 Å². The predicted octanol–water partition coefficient (Wildman–Crippen LogP) is -2.24. The van der Waals surface area contributed by atoms with Crippen LogP contribution in [-0.2, 0) is 19.2 Å². The molecule has 0 aliphatic carbocycles. The number of aliphatic hydroxyl groups is 3. The van der Waals surface area contributed by atoms with Gasteiger partial charge in [-0.1, -0.05) is 0 Å². The van der Waals surface area contributed by atoms with Gasteiger partial charge in [0.1, 0.15) is 6.10 Å². The maximum Gasteiger partial charge on any atom is 0.328 e. The van der Waals surface area contributed by atoms with Crippen LogP contribution in [-0.4, -0.2) is 78.9 Å². The van der Waals surface area contributed by atoms with E-state index in [9.17, 15) is 19.2 Å². The highest BCUT2D eigenvalue weighted by atomic mass is 16.4. The zero-order chi connectivity index (χ0) is 18.1. The Balaban J connectivity index is -0.000000249. The summed E-state index contributed by atoms with van der Waals surface area (Å²) in [5, 5.41) is 55.3. The lowest BCUT2D eigenvalue weighted by atomic mass is 10.4. The molecule has 0 spiro atoms. The van der Waals surface area contributed by atoms with Gasteiger partial charge in [-0.2, -0.15) is 0 Å². The highest BCUT2D eigenvalue weighted by Crippen LogP contribution is 1.72. The molecule has 0 saturated heterocycles. The van der Waals surface area contributed by atoms with Gasteiger partial charge in [0.15, 0.2) is 0 Å². The number of rotatable bonds is 6. The van der Waals surface area contributed by atoms with Crippen LogP contribution in [0.4, 0.5) is 0 Å². The van der Waals surface area contributed by atoms with E-state index in [1.54, 1.807) is 0 Å². The second kappa shape index (κ2) is 16.3. The summed E-state index contributed by atoms with van der Waals surface area (Å²) in [6.45, 7) is -0.729. The van der Waals surface area contributed by atoms with Crippen LogP contribution in [0, 0.1) is 0 Å². The molecule has 0 aromatic carbocycles. The van der Waals surface area contributed by atoms with Crippen molar-refractivity contribution in [2.24, 2.45) is 0 Å². The van der Waals surface area contributed by atoms with E-state index >= 15 is 0 Å². The summed E-state index contributed by atoms with van der Waals surface area (Å²) in [6.07, 6.45) is 1.28. The molecule has 11 heteroatoms. The van der Waals surface area contributed by atoms with Crippen LogP contribution in [0.3, 0.4) is 0 Å². The summed E-state index contributed by atoms with van der Waals surface area (Å²) >= 11 is 0. The van der Waals surface area contributed by atoms with Crippen molar-refractivity contribution in [1.82, 2.24) is 0 Å². The molecule has 0 saturated carbocycles. The van der Waals surface area contributed by atoms with Gasteiger partial charge >= 0.3 is 23.9 Å². The quantitative estimate of drug-likeness (QED) is 0.259. The average molecular weight is 324 g/mol. The van der Waals surface area contributed by atoms with E-state index in [0.717, 1.165) is 0 Å². The monoisotopic (exact) mass is 324 g/mol. The van der Waals surface area contributed by atoms with Crippen molar-refractivity contribution in [3.05, 3.63) is 24.3 Å². The third-order valence-electron chi connectivity index (χ3n) is 1.16. The van der Waals surface area contributed by atoms with E-state index in [2.05, 4.69) is 0 Å². The van der Waals surface area contributed by atoms with Crippen LogP contribution in [0.25, 0.3) is 0 Å². The molecule has 0 aliphatic heterocycles. The predicted molar refractivity (Wildman–Crippen MR) is 69.0 cm³/mol. The average Bonchev–Trinajstić information content (AvgIpc) is 2.43. The van der Waals surface area contributed by atoms with Gasteiger partial charge in [0.25, 0.3) is 0 Å². The van der Waals surface area contributed by atoms with Gasteiger partial charge in [0.2, 0.25) is 0 Å². The number of carbonyl (C=O) groups is 4. The van der Waals surface area contributed by atoms with Gasteiger partial charge in [0.05, 0.1) is 13.2 Å². The Labute approximate surface area is 123 Å². The molecule has 0 aliphatic rings. The molecule has 0 bridgehead atoms. The molecule has 0 amide bonds. The van der Waals surface area contributed by atoms with E-state index in [1.807, 2.05) is 0 Å². The molecule has 7 N–H and O–H groups in total. The lowest BCUT2D eigenvalue weighted by Crippen LogP contribution is -2.15. The first kappa shape index (κ1) is 24.3. The van der Waals surface area contributed by atoms with E-state index in [0.29, 0.717) is 24.3 Å². The van der Waals surface area contributed by atoms with E-state index in [-0.39, 0.29) is 13.2 Å². The summed E-state index contributed by atoms with van der Waals surface area (Å²) < 4.78 is 0. The highest BCUT2D eigenvalue weighted by molar-refractivity contribution is 5.90. The fraction of sp³-hybridized carbons (Fsp3) is 0.273. The van der Waals surface area contributed by atoms with Crippen LogP contribution < -0.4 is 0 Å². The Morgan fingerprint density at radius 2 is 0.818 bits per heavy atom. The van der Waals surface area contributed by atoms with Crippen LogP contribution >= 0.6 is 0 Å². The van der Waals surface area contributed by atoms with Crippen LogP contribution in [0.1, 0.15) is 0 Å². The van der Waals surface area contributed by atoms with Crippen molar-refractivity contribution < 1.29 is 54.9 Å². The summed E-state index contributed by atoms with van der Waals surface area (Å²) in [7, 11) is 0. The van der Waals surface area contributed by atoms with Gasteiger partial charge in [-0.25, -0.2) is 19.2 Å². The third-order valence-corrected chi connectivity index (χ3v) is 1.16. The maximum atomic E-state index is 9.55. The second-order valence-corrected chi connectivity index (χ2v) is 3.04. The normalized spacial score (nSPS) is 9.64. The minimum absolute atomic E-state index is 0.365. The Morgan fingerprint density at radius 1 is 0.636 bits per heavy atom. The minimum atomic E-state index is -1.26. The Bertz CT molecular complexity index is 340. The summed E-state index contributed by atoms with van der Waals surface area (Å²) in [4.78, 5) is 38.2. The van der Waals surface area contributed by atoms with Crippen LogP contribution in [0.15, 0.2) is 24.3 Å². The largest absolute Gasteiger partial charge is 0.478 e. The smallest absolute Gasteiger partial charge is 0.328 e. The summed E-state index contributed by atoms with van der Waals surface area (Å²) in [6, 6.07) is 0. The lowest BCUT2D eigenvalue weighted by Gasteiger charge is -1.96. The molecule has 22 heavy (non-hydrogen) atoms. The van der Waals surface area contributed by atoms with Crippen LogP contribution in [0.2, 0.25) is 0 Å². The zero-order valence-corrected chi connectivity index (χ0v) is 11.1. The number of carboxylic acid groups (broad SMARTS) is 4. The maximum absolute atomic E-state index is 9.55. The molecule has 11 nitrogen and oxygen atoms in total. The second-order valence-electron chi connectivity index (χ2n) is 3.04. The molecule has 0 fully saturated rings. The van der Waals surface area contributed by atoms with Crippen molar-refractivity contribution in [3.8, 4) is 0 Å². The highest BCUT2D eigenvalue weighted by Gasteiger charge is 1.93. The van der Waals surface area contributed by atoms with Gasteiger partial charge < -0.3 is 35.7 Å². The number of aliphatic hydroxyl groups excluding tert-OH is 3. The number of aliphatic carboxylic acids is 4. The van der Waals surface area contributed by atoms with Crippen molar-refractivity contribution in [2.75, 3.05) is 13.2 Å². The number of hydrogen-bond acceptors (Lipinski definition) is 7.